The van der Waals surface area contributed by atoms with Crippen molar-refractivity contribution in [1.82, 2.24) is 5.32 Å². The Morgan fingerprint density at radius 1 is 0.926 bits per heavy atom. The zero-order valence-corrected chi connectivity index (χ0v) is 16.0. The molecule has 3 N–H and O–H groups in total. The lowest BCUT2D eigenvalue weighted by Crippen LogP contribution is -2.56. The van der Waals surface area contributed by atoms with E-state index in [1.54, 1.807) is 0 Å². The molecule has 0 aliphatic heterocycles. The average Bonchev–Trinajstić information content (AvgIpc) is 2.70. The van der Waals surface area contributed by atoms with Gasteiger partial charge < -0.3 is 14.8 Å². The maximum Gasteiger partial charge on any atom is 0.163 e. The van der Waals surface area contributed by atoms with Gasteiger partial charge in [0.25, 0.3) is 0 Å². The first-order valence-corrected chi connectivity index (χ1v) is 9.36. The number of nitrogens with two attached hydrogens (primary N) is 1. The maximum atomic E-state index is 6.58. The van der Waals surface area contributed by atoms with E-state index in [9.17, 15) is 0 Å². The van der Waals surface area contributed by atoms with E-state index < -0.39 is 5.72 Å². The lowest BCUT2D eigenvalue weighted by atomic mass is 10.1. The molecule has 3 aromatic carbocycles. The zero-order valence-electron chi connectivity index (χ0n) is 16.0. The van der Waals surface area contributed by atoms with Crippen LogP contribution in [0.5, 0.6) is 5.75 Å². The summed E-state index contributed by atoms with van der Waals surface area (Å²) in [5.74, 6) is 0.816. The van der Waals surface area contributed by atoms with Crippen LogP contribution in [0.15, 0.2) is 72.8 Å². The van der Waals surface area contributed by atoms with Crippen molar-refractivity contribution in [1.29, 1.82) is 0 Å². The second-order valence-corrected chi connectivity index (χ2v) is 7.14. The van der Waals surface area contributed by atoms with E-state index in [1.165, 1.54) is 0 Å². The third-order valence-corrected chi connectivity index (χ3v) is 4.40. The van der Waals surface area contributed by atoms with Crippen LogP contribution < -0.4 is 15.8 Å². The van der Waals surface area contributed by atoms with Crippen molar-refractivity contribution in [2.75, 3.05) is 13.2 Å². The molecule has 0 fully saturated rings. The molecule has 0 aliphatic carbocycles. The van der Waals surface area contributed by atoms with Crippen molar-refractivity contribution < 1.29 is 9.47 Å². The summed E-state index contributed by atoms with van der Waals surface area (Å²) in [6.45, 7) is 5.37. The van der Waals surface area contributed by atoms with Gasteiger partial charge in [-0.2, -0.15) is 0 Å². The van der Waals surface area contributed by atoms with Crippen LogP contribution in [0.25, 0.3) is 10.8 Å². The largest absolute Gasteiger partial charge is 0.488 e. The highest BCUT2D eigenvalue weighted by Crippen LogP contribution is 2.26. The molecule has 0 saturated heterocycles. The maximum absolute atomic E-state index is 6.58. The van der Waals surface area contributed by atoms with Crippen LogP contribution in [0.3, 0.4) is 0 Å². The van der Waals surface area contributed by atoms with Crippen LogP contribution >= 0.6 is 0 Å². The summed E-state index contributed by atoms with van der Waals surface area (Å²) >= 11 is 0. The van der Waals surface area contributed by atoms with Crippen molar-refractivity contribution in [2.45, 2.75) is 32.2 Å². The lowest BCUT2D eigenvalue weighted by Gasteiger charge is -2.31. The normalized spacial score (nSPS) is 13.6. The smallest absolute Gasteiger partial charge is 0.163 e. The van der Waals surface area contributed by atoms with Crippen LogP contribution in [-0.2, 0) is 11.3 Å². The molecule has 0 heterocycles. The van der Waals surface area contributed by atoms with Crippen molar-refractivity contribution in [3.63, 3.8) is 0 Å². The molecule has 0 spiro atoms. The third-order valence-electron chi connectivity index (χ3n) is 4.40. The standard InChI is InChI=1S/C23H28N2O2/c1-18(2)25-16-23(24,27-15-19-9-4-3-5-10-19)17-26-22-14-8-12-20-11-6-7-13-21(20)22/h3-14,18,25H,15-17,24H2,1-2H3. The Bertz CT molecular complexity index is 846. The summed E-state index contributed by atoms with van der Waals surface area (Å²) in [6.07, 6.45) is 0. The number of fused-ring (bicyclic) bond motifs is 1. The van der Waals surface area contributed by atoms with Crippen molar-refractivity contribution in [2.24, 2.45) is 5.73 Å². The molecule has 0 radical (unpaired) electrons. The van der Waals surface area contributed by atoms with Crippen LogP contribution in [0, 0.1) is 0 Å². The minimum Gasteiger partial charge on any atom is -0.488 e. The summed E-state index contributed by atoms with van der Waals surface area (Å²) < 4.78 is 12.2. The van der Waals surface area contributed by atoms with Crippen molar-refractivity contribution >= 4 is 10.8 Å². The molecule has 3 rings (SSSR count). The molecular formula is C23H28N2O2. The molecule has 0 saturated carbocycles. The number of rotatable bonds is 9. The number of hydrogen-bond donors (Lipinski definition) is 2. The Morgan fingerprint density at radius 3 is 2.41 bits per heavy atom. The van der Waals surface area contributed by atoms with Gasteiger partial charge in [0.1, 0.15) is 12.4 Å². The van der Waals surface area contributed by atoms with E-state index in [2.05, 4.69) is 37.4 Å². The highest BCUT2D eigenvalue weighted by Gasteiger charge is 2.27. The summed E-state index contributed by atoms with van der Waals surface area (Å²) in [6, 6.07) is 24.5. The Labute approximate surface area is 161 Å². The van der Waals surface area contributed by atoms with Gasteiger partial charge in [0.15, 0.2) is 5.72 Å². The fourth-order valence-electron chi connectivity index (χ4n) is 2.84. The Kier molecular flexibility index (Phi) is 6.45. The molecular weight excluding hydrogens is 336 g/mol. The summed E-state index contributed by atoms with van der Waals surface area (Å²) in [5.41, 5.74) is 6.73. The van der Waals surface area contributed by atoms with E-state index in [-0.39, 0.29) is 6.61 Å². The average molecular weight is 364 g/mol. The Hall–Kier alpha value is -2.40. The number of nitrogens with one attached hydrogen (secondary N) is 1. The topological polar surface area (TPSA) is 56.5 Å². The Balaban J connectivity index is 1.72. The SMILES string of the molecule is CC(C)NCC(N)(COc1cccc2ccccc12)OCc1ccccc1. The summed E-state index contributed by atoms with van der Waals surface area (Å²) in [7, 11) is 0. The van der Waals surface area contributed by atoms with E-state index in [0.29, 0.717) is 19.2 Å². The van der Waals surface area contributed by atoms with Crippen LogP contribution in [0.4, 0.5) is 0 Å². The predicted molar refractivity (Wildman–Crippen MR) is 111 cm³/mol. The predicted octanol–water partition coefficient (Wildman–Crippen LogP) is 4.09. The van der Waals surface area contributed by atoms with Gasteiger partial charge in [-0.1, -0.05) is 80.6 Å². The molecule has 0 aromatic heterocycles. The van der Waals surface area contributed by atoms with E-state index in [1.807, 2.05) is 54.6 Å². The van der Waals surface area contributed by atoms with E-state index >= 15 is 0 Å². The van der Waals surface area contributed by atoms with Crippen LogP contribution in [0.2, 0.25) is 0 Å². The first-order valence-electron chi connectivity index (χ1n) is 9.36. The molecule has 1 unspecified atom stereocenters. The van der Waals surface area contributed by atoms with Crippen molar-refractivity contribution in [3.05, 3.63) is 78.4 Å². The second kappa shape index (κ2) is 9.00. The third kappa shape index (κ3) is 5.54. The second-order valence-electron chi connectivity index (χ2n) is 7.14. The molecule has 4 heteroatoms. The molecule has 142 valence electrons. The van der Waals surface area contributed by atoms with E-state index in [4.69, 9.17) is 15.2 Å². The highest BCUT2D eigenvalue weighted by molar-refractivity contribution is 5.88. The highest BCUT2D eigenvalue weighted by atomic mass is 16.6. The number of benzene rings is 3. The van der Waals surface area contributed by atoms with Gasteiger partial charge in [0.2, 0.25) is 0 Å². The lowest BCUT2D eigenvalue weighted by molar-refractivity contribution is -0.0779. The molecule has 4 nitrogen and oxygen atoms in total. The summed E-state index contributed by atoms with van der Waals surface area (Å²) in [5, 5.41) is 5.58. The fraction of sp³-hybridized carbons (Fsp3) is 0.304. The monoisotopic (exact) mass is 364 g/mol. The molecule has 0 amide bonds. The molecule has 27 heavy (non-hydrogen) atoms. The minimum absolute atomic E-state index is 0.258. The molecule has 0 aliphatic rings. The number of ether oxygens (including phenoxy) is 2. The quantitative estimate of drug-likeness (QED) is 0.562. The van der Waals surface area contributed by atoms with Gasteiger partial charge >= 0.3 is 0 Å². The van der Waals surface area contributed by atoms with Gasteiger partial charge in [0, 0.05) is 18.0 Å². The first kappa shape index (κ1) is 19.4. The van der Waals surface area contributed by atoms with Crippen LogP contribution in [0.1, 0.15) is 19.4 Å². The van der Waals surface area contributed by atoms with Gasteiger partial charge in [-0.05, 0) is 17.0 Å². The van der Waals surface area contributed by atoms with Gasteiger partial charge in [0.05, 0.1) is 6.61 Å². The molecule has 0 bridgehead atoms. The number of hydrogen-bond acceptors (Lipinski definition) is 4. The van der Waals surface area contributed by atoms with Crippen LogP contribution in [-0.4, -0.2) is 24.9 Å². The summed E-state index contributed by atoms with van der Waals surface area (Å²) in [4.78, 5) is 0. The molecule has 3 aromatic rings. The Morgan fingerprint density at radius 2 is 1.63 bits per heavy atom. The van der Waals surface area contributed by atoms with Gasteiger partial charge in [-0.3, -0.25) is 5.73 Å². The van der Waals surface area contributed by atoms with Gasteiger partial charge in [-0.15, -0.1) is 0 Å². The fourth-order valence-corrected chi connectivity index (χ4v) is 2.84. The minimum atomic E-state index is -0.933. The first-order chi connectivity index (χ1) is 13.1. The van der Waals surface area contributed by atoms with E-state index in [0.717, 1.165) is 22.1 Å². The van der Waals surface area contributed by atoms with Crippen molar-refractivity contribution in [3.8, 4) is 5.75 Å². The van der Waals surface area contributed by atoms with Gasteiger partial charge in [-0.25, -0.2) is 0 Å². The zero-order chi connectivity index (χ0) is 19.1. The molecule has 1 atom stereocenters.